The fourth-order valence-corrected chi connectivity index (χ4v) is 2.79. The van der Waals surface area contributed by atoms with Crippen LogP contribution in [0.4, 0.5) is 5.69 Å². The van der Waals surface area contributed by atoms with Gasteiger partial charge in [-0.1, -0.05) is 38.7 Å². The molecule has 0 spiro atoms. The van der Waals surface area contributed by atoms with Crippen molar-refractivity contribution in [1.29, 1.82) is 0 Å². The molecule has 1 rings (SSSR count). The highest BCUT2D eigenvalue weighted by molar-refractivity contribution is 7.92. The number of nitrogens with zero attached hydrogens (tertiary/aromatic N) is 1. The van der Waals surface area contributed by atoms with E-state index in [9.17, 15) is 13.2 Å². The second-order valence-corrected chi connectivity index (χ2v) is 7.19. The highest BCUT2D eigenvalue weighted by atomic mass is 32.2. The lowest BCUT2D eigenvalue weighted by atomic mass is 10.1. The van der Waals surface area contributed by atoms with Gasteiger partial charge in [0.05, 0.1) is 18.4 Å². The molecular formula is C17H22N2O5S. The maximum Gasteiger partial charge on any atom is 0.335 e. The smallest absolute Gasteiger partial charge is 0.335 e. The van der Waals surface area contributed by atoms with Crippen molar-refractivity contribution in [1.82, 2.24) is 4.98 Å². The van der Waals surface area contributed by atoms with E-state index in [1.54, 1.807) is 12.3 Å². The molecule has 2 N–H and O–H groups in total. The molecule has 0 bridgehead atoms. The SMILES string of the molecule is C=C/C=C\C(=C/CS(=O)(=O)Nc1cc(C(C)C)cnc1OC)C(=O)O. The maximum atomic E-state index is 12.3. The first-order valence-corrected chi connectivity index (χ1v) is 9.12. The predicted octanol–water partition coefficient (Wildman–Crippen LogP) is 2.71. The number of rotatable bonds is 9. The third-order valence-corrected chi connectivity index (χ3v) is 4.32. The second kappa shape index (κ2) is 9.03. The van der Waals surface area contributed by atoms with Crippen molar-refractivity contribution in [2.45, 2.75) is 19.8 Å². The van der Waals surface area contributed by atoms with Crippen LogP contribution in [0.1, 0.15) is 25.3 Å². The zero-order valence-corrected chi connectivity index (χ0v) is 15.2. The van der Waals surface area contributed by atoms with Gasteiger partial charge in [0, 0.05) is 6.20 Å². The molecule has 0 saturated carbocycles. The highest BCUT2D eigenvalue weighted by Gasteiger charge is 2.16. The van der Waals surface area contributed by atoms with Gasteiger partial charge in [-0.3, -0.25) is 4.72 Å². The number of allylic oxidation sites excluding steroid dienone is 2. The summed E-state index contributed by atoms with van der Waals surface area (Å²) in [6.07, 6.45) is 6.81. The molecule has 0 aliphatic rings. The molecule has 1 aromatic rings. The number of hydrogen-bond acceptors (Lipinski definition) is 5. The molecule has 0 atom stereocenters. The molecule has 0 radical (unpaired) electrons. The average molecular weight is 366 g/mol. The van der Waals surface area contributed by atoms with Crippen molar-refractivity contribution in [3.63, 3.8) is 0 Å². The molecule has 136 valence electrons. The van der Waals surface area contributed by atoms with Crippen LogP contribution in [0.25, 0.3) is 0 Å². The number of sulfonamides is 1. The van der Waals surface area contributed by atoms with Crippen molar-refractivity contribution < 1.29 is 23.1 Å². The lowest BCUT2D eigenvalue weighted by Crippen LogP contribution is -2.17. The van der Waals surface area contributed by atoms with Crippen LogP contribution in [0.5, 0.6) is 5.88 Å². The molecular weight excluding hydrogens is 344 g/mol. The summed E-state index contributed by atoms with van der Waals surface area (Å²) in [6.45, 7) is 7.35. The van der Waals surface area contributed by atoms with E-state index in [0.717, 1.165) is 11.6 Å². The molecule has 0 aliphatic carbocycles. The number of carboxylic acid groups (broad SMARTS) is 1. The van der Waals surface area contributed by atoms with Gasteiger partial charge < -0.3 is 9.84 Å². The van der Waals surface area contributed by atoms with E-state index < -0.39 is 21.7 Å². The van der Waals surface area contributed by atoms with Gasteiger partial charge in [-0.05, 0) is 23.6 Å². The van der Waals surface area contributed by atoms with E-state index in [0.29, 0.717) is 0 Å². The Kier molecular flexibility index (Phi) is 7.38. The van der Waals surface area contributed by atoms with Crippen molar-refractivity contribution in [2.24, 2.45) is 0 Å². The first-order chi connectivity index (χ1) is 11.7. The van der Waals surface area contributed by atoms with Gasteiger partial charge in [0.2, 0.25) is 15.9 Å². The number of ether oxygens (including phenoxy) is 1. The fourth-order valence-electron chi connectivity index (χ4n) is 1.83. The van der Waals surface area contributed by atoms with Crippen LogP contribution in [-0.4, -0.2) is 37.3 Å². The van der Waals surface area contributed by atoms with E-state index in [1.807, 2.05) is 13.8 Å². The van der Waals surface area contributed by atoms with Gasteiger partial charge in [-0.15, -0.1) is 0 Å². The van der Waals surface area contributed by atoms with E-state index >= 15 is 0 Å². The van der Waals surface area contributed by atoms with E-state index in [1.165, 1.54) is 25.3 Å². The molecule has 8 heteroatoms. The Bertz CT molecular complexity index is 795. The summed E-state index contributed by atoms with van der Waals surface area (Å²) < 4.78 is 32.0. The number of hydrogen-bond donors (Lipinski definition) is 2. The Morgan fingerprint density at radius 1 is 1.48 bits per heavy atom. The van der Waals surface area contributed by atoms with Gasteiger partial charge in [0.15, 0.2) is 0 Å². The lowest BCUT2D eigenvalue weighted by molar-refractivity contribution is -0.132. The summed E-state index contributed by atoms with van der Waals surface area (Å²) in [7, 11) is -2.45. The lowest BCUT2D eigenvalue weighted by Gasteiger charge is -2.13. The van der Waals surface area contributed by atoms with E-state index in [-0.39, 0.29) is 23.1 Å². The fraction of sp³-hybridized carbons (Fsp3) is 0.294. The predicted molar refractivity (Wildman–Crippen MR) is 97.3 cm³/mol. The Hall–Kier alpha value is -2.61. The minimum Gasteiger partial charge on any atom is -0.480 e. The van der Waals surface area contributed by atoms with E-state index in [2.05, 4.69) is 16.3 Å². The number of nitrogens with one attached hydrogen (secondary N) is 1. The van der Waals surface area contributed by atoms with Crippen molar-refractivity contribution >= 4 is 21.7 Å². The topological polar surface area (TPSA) is 106 Å². The third kappa shape index (κ3) is 6.42. The number of pyridine rings is 1. The molecule has 0 unspecified atom stereocenters. The van der Waals surface area contributed by atoms with Crippen LogP contribution in [0.2, 0.25) is 0 Å². The summed E-state index contributed by atoms with van der Waals surface area (Å²) in [5, 5.41) is 9.07. The molecule has 25 heavy (non-hydrogen) atoms. The van der Waals surface area contributed by atoms with Crippen molar-refractivity contribution in [3.05, 3.63) is 54.3 Å². The van der Waals surface area contributed by atoms with Crippen LogP contribution in [0.3, 0.4) is 0 Å². The molecule has 0 aromatic carbocycles. The van der Waals surface area contributed by atoms with Gasteiger partial charge >= 0.3 is 5.97 Å². The minimum atomic E-state index is -3.83. The van der Waals surface area contributed by atoms with Crippen LogP contribution < -0.4 is 9.46 Å². The summed E-state index contributed by atoms with van der Waals surface area (Å²) in [5.74, 6) is -1.44. The second-order valence-electron chi connectivity index (χ2n) is 5.42. The molecule has 7 nitrogen and oxygen atoms in total. The summed E-state index contributed by atoms with van der Waals surface area (Å²) in [4.78, 5) is 15.2. The van der Waals surface area contributed by atoms with Gasteiger partial charge in [0.25, 0.3) is 0 Å². The number of carboxylic acids is 1. The molecule has 1 heterocycles. The monoisotopic (exact) mass is 366 g/mol. The van der Waals surface area contributed by atoms with Gasteiger partial charge in [0.1, 0.15) is 5.69 Å². The number of carbonyl (C=O) groups is 1. The molecule has 0 amide bonds. The number of methoxy groups -OCH3 is 1. The third-order valence-electron chi connectivity index (χ3n) is 3.18. The zero-order valence-electron chi connectivity index (χ0n) is 14.4. The number of aromatic nitrogens is 1. The minimum absolute atomic E-state index is 0.141. The van der Waals surface area contributed by atoms with Crippen LogP contribution in [0.15, 0.2) is 48.7 Å². The first-order valence-electron chi connectivity index (χ1n) is 7.47. The number of anilines is 1. The largest absolute Gasteiger partial charge is 0.480 e. The Morgan fingerprint density at radius 3 is 2.68 bits per heavy atom. The number of aliphatic carboxylic acids is 1. The average Bonchev–Trinajstić information content (AvgIpc) is 2.53. The Balaban J connectivity index is 3.08. The normalized spacial score (nSPS) is 12.4. The summed E-state index contributed by atoms with van der Waals surface area (Å²) >= 11 is 0. The summed E-state index contributed by atoms with van der Waals surface area (Å²) in [5.41, 5.74) is 0.904. The quantitative estimate of drug-likeness (QED) is 0.514. The van der Waals surface area contributed by atoms with Crippen LogP contribution in [-0.2, 0) is 14.8 Å². The molecule has 0 fully saturated rings. The molecule has 1 aromatic heterocycles. The van der Waals surface area contributed by atoms with Gasteiger partial charge in [-0.25, -0.2) is 18.2 Å². The maximum absolute atomic E-state index is 12.3. The summed E-state index contributed by atoms with van der Waals surface area (Å²) in [6, 6.07) is 1.65. The highest BCUT2D eigenvalue weighted by Crippen LogP contribution is 2.26. The van der Waals surface area contributed by atoms with Crippen LogP contribution in [0, 0.1) is 0 Å². The van der Waals surface area contributed by atoms with Crippen LogP contribution >= 0.6 is 0 Å². The van der Waals surface area contributed by atoms with Gasteiger partial charge in [-0.2, -0.15) is 0 Å². The standard InChI is InChI=1S/C17H22N2O5S/c1-5-6-7-13(17(20)21)8-9-25(22,23)19-15-10-14(12(2)3)11-18-16(15)24-4/h5-8,10-12,19H,1,9H2,2-4H3,(H,20,21)/b7-6-,13-8+. The Labute approximate surface area is 147 Å². The van der Waals surface area contributed by atoms with Crippen molar-refractivity contribution in [2.75, 3.05) is 17.6 Å². The molecule has 0 saturated heterocycles. The molecule has 0 aliphatic heterocycles. The van der Waals surface area contributed by atoms with E-state index in [4.69, 9.17) is 9.84 Å². The Morgan fingerprint density at radius 2 is 2.16 bits per heavy atom. The zero-order chi connectivity index (χ0) is 19.0. The van der Waals surface area contributed by atoms with Crippen molar-refractivity contribution in [3.8, 4) is 5.88 Å². The first kappa shape index (κ1) is 20.4.